The zero-order valence-electron chi connectivity index (χ0n) is 11.9. The van der Waals surface area contributed by atoms with Gasteiger partial charge in [0.1, 0.15) is 0 Å². The Labute approximate surface area is 118 Å². The average molecular weight is 280 g/mol. The van der Waals surface area contributed by atoms with Crippen molar-refractivity contribution in [2.75, 3.05) is 20.8 Å². The standard InChI is InChI=1S/C14H20N2O4/c1-10(9-20-3)16(2)14(19)15-8-11-4-6-12(7-5-11)13(17)18/h4-7,10H,8-9H2,1-3H3,(H,15,19)(H,17,18). The van der Waals surface area contributed by atoms with Crippen LogP contribution in [0.25, 0.3) is 0 Å². The minimum atomic E-state index is -0.964. The number of urea groups is 1. The molecule has 0 saturated carbocycles. The number of nitrogens with zero attached hydrogens (tertiary/aromatic N) is 1. The summed E-state index contributed by atoms with van der Waals surface area (Å²) < 4.78 is 5.00. The number of aromatic carboxylic acids is 1. The highest BCUT2D eigenvalue weighted by Crippen LogP contribution is 2.05. The lowest BCUT2D eigenvalue weighted by Gasteiger charge is -2.24. The van der Waals surface area contributed by atoms with E-state index < -0.39 is 5.97 Å². The third-order valence-corrected chi connectivity index (χ3v) is 3.03. The summed E-state index contributed by atoms with van der Waals surface area (Å²) in [6, 6.07) is 6.18. The minimum Gasteiger partial charge on any atom is -0.478 e. The number of ether oxygens (including phenoxy) is 1. The predicted octanol–water partition coefficient (Wildman–Crippen LogP) is 1.56. The molecule has 2 amide bonds. The van der Waals surface area contributed by atoms with Crippen LogP contribution in [0.3, 0.4) is 0 Å². The Hall–Kier alpha value is -2.08. The van der Waals surface area contributed by atoms with Gasteiger partial charge in [0.2, 0.25) is 0 Å². The smallest absolute Gasteiger partial charge is 0.335 e. The quantitative estimate of drug-likeness (QED) is 0.829. The van der Waals surface area contributed by atoms with Gasteiger partial charge < -0.3 is 20.1 Å². The van der Waals surface area contributed by atoms with Gasteiger partial charge in [-0.2, -0.15) is 0 Å². The summed E-state index contributed by atoms with van der Waals surface area (Å²) in [5.41, 5.74) is 1.07. The second-order valence-electron chi connectivity index (χ2n) is 4.58. The molecular weight excluding hydrogens is 260 g/mol. The van der Waals surface area contributed by atoms with E-state index in [4.69, 9.17) is 9.84 Å². The SMILES string of the molecule is COCC(C)N(C)C(=O)NCc1ccc(C(=O)O)cc1. The summed E-state index contributed by atoms with van der Waals surface area (Å²) in [6.07, 6.45) is 0. The van der Waals surface area contributed by atoms with E-state index in [2.05, 4.69) is 5.32 Å². The Kier molecular flexibility index (Phi) is 5.99. The number of rotatable bonds is 6. The first-order valence-electron chi connectivity index (χ1n) is 6.27. The third kappa shape index (κ3) is 4.55. The Morgan fingerprint density at radius 2 is 1.95 bits per heavy atom. The molecule has 0 saturated heterocycles. The van der Waals surface area contributed by atoms with Crippen LogP contribution in [-0.2, 0) is 11.3 Å². The van der Waals surface area contributed by atoms with Crippen molar-refractivity contribution in [3.8, 4) is 0 Å². The Morgan fingerprint density at radius 1 is 1.35 bits per heavy atom. The van der Waals surface area contributed by atoms with Crippen LogP contribution in [0.5, 0.6) is 0 Å². The molecule has 2 N–H and O–H groups in total. The van der Waals surface area contributed by atoms with Crippen molar-refractivity contribution in [2.24, 2.45) is 0 Å². The van der Waals surface area contributed by atoms with Crippen LogP contribution < -0.4 is 5.32 Å². The van der Waals surface area contributed by atoms with Crippen molar-refractivity contribution < 1.29 is 19.4 Å². The van der Waals surface area contributed by atoms with Crippen molar-refractivity contribution in [2.45, 2.75) is 19.5 Å². The maximum Gasteiger partial charge on any atom is 0.335 e. The maximum absolute atomic E-state index is 11.9. The zero-order valence-corrected chi connectivity index (χ0v) is 11.9. The second kappa shape index (κ2) is 7.49. The number of hydrogen-bond acceptors (Lipinski definition) is 3. The molecule has 1 atom stereocenters. The van der Waals surface area contributed by atoms with Gasteiger partial charge in [0.15, 0.2) is 0 Å². The first-order chi connectivity index (χ1) is 9.45. The number of benzene rings is 1. The molecule has 0 aromatic heterocycles. The molecule has 0 aliphatic rings. The molecule has 0 aliphatic heterocycles. The highest BCUT2D eigenvalue weighted by molar-refractivity contribution is 5.87. The second-order valence-corrected chi connectivity index (χ2v) is 4.58. The molecule has 1 aromatic carbocycles. The van der Waals surface area contributed by atoms with Gasteiger partial charge >= 0.3 is 12.0 Å². The van der Waals surface area contributed by atoms with Crippen LogP contribution in [0.15, 0.2) is 24.3 Å². The molecule has 1 aromatic rings. The molecule has 20 heavy (non-hydrogen) atoms. The number of nitrogens with one attached hydrogen (secondary N) is 1. The van der Waals surface area contributed by atoms with E-state index in [9.17, 15) is 9.59 Å². The number of likely N-dealkylation sites (N-methyl/N-ethyl adjacent to an activating group) is 1. The molecule has 0 radical (unpaired) electrons. The molecule has 1 unspecified atom stereocenters. The van der Waals surface area contributed by atoms with Gasteiger partial charge in [-0.1, -0.05) is 12.1 Å². The topological polar surface area (TPSA) is 78.9 Å². The van der Waals surface area contributed by atoms with Crippen LogP contribution >= 0.6 is 0 Å². The number of carboxylic acid groups (broad SMARTS) is 1. The van der Waals surface area contributed by atoms with Crippen molar-refractivity contribution in [1.82, 2.24) is 10.2 Å². The fourth-order valence-corrected chi connectivity index (χ4v) is 1.62. The summed E-state index contributed by atoms with van der Waals surface area (Å²) in [7, 11) is 3.29. The van der Waals surface area contributed by atoms with Crippen molar-refractivity contribution in [1.29, 1.82) is 0 Å². The highest BCUT2D eigenvalue weighted by Gasteiger charge is 2.14. The largest absolute Gasteiger partial charge is 0.478 e. The van der Waals surface area contributed by atoms with Crippen molar-refractivity contribution >= 4 is 12.0 Å². The van der Waals surface area contributed by atoms with Gasteiger partial charge in [0, 0.05) is 20.7 Å². The molecule has 0 bridgehead atoms. The van der Waals surface area contributed by atoms with Gasteiger partial charge in [-0.25, -0.2) is 9.59 Å². The van der Waals surface area contributed by atoms with Crippen molar-refractivity contribution in [3.63, 3.8) is 0 Å². The Morgan fingerprint density at radius 3 is 2.45 bits per heavy atom. The molecule has 110 valence electrons. The van der Waals surface area contributed by atoms with Crippen LogP contribution in [0.4, 0.5) is 4.79 Å². The number of carbonyl (C=O) groups is 2. The molecule has 0 aliphatic carbocycles. The van der Waals surface area contributed by atoms with Crippen LogP contribution in [0.2, 0.25) is 0 Å². The summed E-state index contributed by atoms with van der Waals surface area (Å²) in [5, 5.41) is 11.6. The minimum absolute atomic E-state index is 0.0191. The predicted molar refractivity (Wildman–Crippen MR) is 74.7 cm³/mol. The van der Waals surface area contributed by atoms with E-state index >= 15 is 0 Å². The van der Waals surface area contributed by atoms with E-state index in [1.165, 1.54) is 12.1 Å². The number of carboxylic acids is 1. The van der Waals surface area contributed by atoms with E-state index in [-0.39, 0.29) is 17.6 Å². The van der Waals surface area contributed by atoms with Gasteiger partial charge in [0.05, 0.1) is 18.2 Å². The Bertz CT molecular complexity index is 459. The molecular formula is C14H20N2O4. The van der Waals surface area contributed by atoms with E-state index in [0.717, 1.165) is 5.56 Å². The van der Waals surface area contributed by atoms with Gasteiger partial charge in [-0.15, -0.1) is 0 Å². The first-order valence-corrected chi connectivity index (χ1v) is 6.27. The summed E-state index contributed by atoms with van der Waals surface area (Å²) in [4.78, 5) is 24.2. The van der Waals surface area contributed by atoms with E-state index in [0.29, 0.717) is 13.2 Å². The lowest BCUT2D eigenvalue weighted by molar-refractivity contribution is 0.0697. The van der Waals surface area contributed by atoms with Gasteiger partial charge in [0.25, 0.3) is 0 Å². The fourth-order valence-electron chi connectivity index (χ4n) is 1.62. The molecule has 0 heterocycles. The van der Waals surface area contributed by atoms with Crippen LogP contribution in [-0.4, -0.2) is 48.8 Å². The normalized spacial score (nSPS) is 11.8. The highest BCUT2D eigenvalue weighted by atomic mass is 16.5. The molecule has 0 spiro atoms. The first kappa shape index (κ1) is 16.0. The van der Waals surface area contributed by atoms with Crippen LogP contribution in [0.1, 0.15) is 22.8 Å². The molecule has 6 heteroatoms. The Balaban J connectivity index is 2.50. The molecule has 6 nitrogen and oxygen atoms in total. The molecule has 0 fully saturated rings. The average Bonchev–Trinajstić information content (AvgIpc) is 2.44. The molecule has 1 rings (SSSR count). The third-order valence-electron chi connectivity index (χ3n) is 3.03. The summed E-state index contributed by atoms with van der Waals surface area (Å²) in [5.74, 6) is -0.964. The van der Waals surface area contributed by atoms with Crippen LogP contribution in [0, 0.1) is 0 Å². The summed E-state index contributed by atoms with van der Waals surface area (Å²) >= 11 is 0. The fraction of sp³-hybridized carbons (Fsp3) is 0.429. The van der Waals surface area contributed by atoms with E-state index in [1.54, 1.807) is 31.2 Å². The summed E-state index contributed by atoms with van der Waals surface area (Å²) in [6.45, 7) is 2.71. The zero-order chi connectivity index (χ0) is 15.1. The van der Waals surface area contributed by atoms with E-state index in [1.807, 2.05) is 6.92 Å². The number of amides is 2. The van der Waals surface area contributed by atoms with Gasteiger partial charge in [-0.3, -0.25) is 0 Å². The van der Waals surface area contributed by atoms with Gasteiger partial charge in [-0.05, 0) is 24.6 Å². The monoisotopic (exact) mass is 280 g/mol. The number of hydrogen-bond donors (Lipinski definition) is 2. The lowest BCUT2D eigenvalue weighted by atomic mass is 10.1. The maximum atomic E-state index is 11.9. The van der Waals surface area contributed by atoms with Crippen molar-refractivity contribution in [3.05, 3.63) is 35.4 Å². The number of carbonyl (C=O) groups excluding carboxylic acids is 1. The lowest BCUT2D eigenvalue weighted by Crippen LogP contribution is -2.43. The number of methoxy groups -OCH3 is 1.